The fourth-order valence-electron chi connectivity index (χ4n) is 2.32. The van der Waals surface area contributed by atoms with E-state index in [-0.39, 0.29) is 17.7 Å². The van der Waals surface area contributed by atoms with E-state index in [1.807, 2.05) is 12.1 Å². The predicted molar refractivity (Wildman–Crippen MR) is 74.5 cm³/mol. The van der Waals surface area contributed by atoms with Crippen LogP contribution in [0.25, 0.3) is 0 Å². The van der Waals surface area contributed by atoms with Gasteiger partial charge in [-0.2, -0.15) is 0 Å². The Morgan fingerprint density at radius 3 is 2.79 bits per heavy atom. The number of nitrogen functional groups attached to an aromatic ring is 1. The zero-order chi connectivity index (χ0) is 13.8. The number of nitrogens with two attached hydrogens (primary N) is 1. The first kappa shape index (κ1) is 13.4. The zero-order valence-electron chi connectivity index (χ0n) is 11.1. The Balaban J connectivity index is 2.00. The maximum Gasteiger partial charge on any atom is 0.229 e. The molecule has 2 amide bonds. The number of para-hydroxylation sites is 2. The van der Waals surface area contributed by atoms with Crippen LogP contribution in [-0.4, -0.2) is 29.8 Å². The van der Waals surface area contributed by atoms with Crippen molar-refractivity contribution in [2.45, 2.75) is 19.8 Å². The molecule has 0 spiro atoms. The minimum absolute atomic E-state index is 0.0247. The van der Waals surface area contributed by atoms with Crippen molar-refractivity contribution in [1.29, 1.82) is 0 Å². The Kier molecular flexibility index (Phi) is 4.04. The van der Waals surface area contributed by atoms with E-state index in [1.54, 1.807) is 17.0 Å². The molecule has 3 N–H and O–H groups in total. The smallest absolute Gasteiger partial charge is 0.229 e. The summed E-state index contributed by atoms with van der Waals surface area (Å²) in [6.45, 7) is 2.77. The van der Waals surface area contributed by atoms with Gasteiger partial charge in [-0.1, -0.05) is 12.1 Å². The van der Waals surface area contributed by atoms with E-state index >= 15 is 0 Å². The second-order valence-electron chi connectivity index (χ2n) is 4.88. The number of rotatable bonds is 2. The Morgan fingerprint density at radius 1 is 1.37 bits per heavy atom. The molecule has 1 aromatic rings. The molecule has 1 saturated heterocycles. The highest BCUT2D eigenvalue weighted by molar-refractivity contribution is 5.95. The van der Waals surface area contributed by atoms with Gasteiger partial charge in [-0.05, 0) is 25.0 Å². The third kappa shape index (κ3) is 3.24. The van der Waals surface area contributed by atoms with E-state index in [2.05, 4.69) is 5.32 Å². The summed E-state index contributed by atoms with van der Waals surface area (Å²) in [5.41, 5.74) is 6.98. The number of amides is 2. The molecule has 0 saturated carbocycles. The van der Waals surface area contributed by atoms with Gasteiger partial charge in [-0.25, -0.2) is 0 Å². The predicted octanol–water partition coefficient (Wildman–Crippen LogP) is 1.47. The van der Waals surface area contributed by atoms with E-state index in [1.165, 1.54) is 6.92 Å². The normalized spacial score (nSPS) is 19.0. The second-order valence-corrected chi connectivity index (χ2v) is 4.88. The maximum absolute atomic E-state index is 12.2. The molecule has 0 aliphatic carbocycles. The molecule has 1 aliphatic rings. The van der Waals surface area contributed by atoms with Crippen molar-refractivity contribution in [2.24, 2.45) is 5.92 Å². The molecule has 5 heteroatoms. The average Bonchev–Trinajstić information content (AvgIpc) is 2.41. The van der Waals surface area contributed by atoms with Crippen LogP contribution >= 0.6 is 0 Å². The highest BCUT2D eigenvalue weighted by Gasteiger charge is 2.27. The molecule has 2 rings (SSSR count). The van der Waals surface area contributed by atoms with E-state index in [4.69, 9.17) is 5.73 Å². The van der Waals surface area contributed by atoms with E-state index < -0.39 is 0 Å². The van der Waals surface area contributed by atoms with Gasteiger partial charge < -0.3 is 16.0 Å². The van der Waals surface area contributed by atoms with Gasteiger partial charge in [0.05, 0.1) is 17.3 Å². The number of hydrogen-bond acceptors (Lipinski definition) is 3. The number of carbonyl (C=O) groups excluding carboxylic acids is 2. The third-order valence-electron chi connectivity index (χ3n) is 3.46. The first-order chi connectivity index (χ1) is 9.08. The summed E-state index contributed by atoms with van der Waals surface area (Å²) in [5, 5.41) is 2.84. The quantitative estimate of drug-likeness (QED) is 0.791. The van der Waals surface area contributed by atoms with Crippen LogP contribution in [0.3, 0.4) is 0 Å². The van der Waals surface area contributed by atoms with Crippen molar-refractivity contribution in [3.05, 3.63) is 24.3 Å². The van der Waals surface area contributed by atoms with Gasteiger partial charge >= 0.3 is 0 Å². The van der Waals surface area contributed by atoms with Crippen LogP contribution in [0.5, 0.6) is 0 Å². The van der Waals surface area contributed by atoms with Crippen LogP contribution in [-0.2, 0) is 9.59 Å². The van der Waals surface area contributed by atoms with E-state index in [0.29, 0.717) is 17.9 Å². The van der Waals surface area contributed by atoms with Crippen LogP contribution in [0.4, 0.5) is 11.4 Å². The first-order valence-corrected chi connectivity index (χ1v) is 6.49. The minimum atomic E-state index is -0.155. The molecule has 1 heterocycles. The summed E-state index contributed by atoms with van der Waals surface area (Å²) in [6.07, 6.45) is 1.67. The lowest BCUT2D eigenvalue weighted by atomic mass is 9.97. The van der Waals surface area contributed by atoms with E-state index in [0.717, 1.165) is 19.4 Å². The number of piperidine rings is 1. The van der Waals surface area contributed by atoms with Crippen molar-refractivity contribution in [1.82, 2.24) is 4.90 Å². The summed E-state index contributed by atoms with van der Waals surface area (Å²) < 4.78 is 0. The molecule has 19 heavy (non-hydrogen) atoms. The number of likely N-dealkylation sites (tertiary alicyclic amines) is 1. The molecule has 1 fully saturated rings. The highest BCUT2D eigenvalue weighted by atomic mass is 16.2. The summed E-state index contributed by atoms with van der Waals surface area (Å²) in [6, 6.07) is 7.18. The van der Waals surface area contributed by atoms with Gasteiger partial charge in [0.1, 0.15) is 0 Å². The summed E-state index contributed by atoms with van der Waals surface area (Å²) >= 11 is 0. The molecule has 1 unspecified atom stereocenters. The SMILES string of the molecule is CC(=O)N1CCCC(C(=O)Nc2ccccc2N)C1. The fourth-order valence-corrected chi connectivity index (χ4v) is 2.32. The lowest BCUT2D eigenvalue weighted by Crippen LogP contribution is -2.42. The van der Waals surface area contributed by atoms with Gasteiger partial charge in [0.25, 0.3) is 0 Å². The molecule has 0 aromatic heterocycles. The lowest BCUT2D eigenvalue weighted by Gasteiger charge is -2.31. The van der Waals surface area contributed by atoms with Crippen molar-refractivity contribution < 1.29 is 9.59 Å². The van der Waals surface area contributed by atoms with Crippen LogP contribution < -0.4 is 11.1 Å². The number of nitrogens with zero attached hydrogens (tertiary/aromatic N) is 1. The maximum atomic E-state index is 12.2. The van der Waals surface area contributed by atoms with Crippen LogP contribution in [0.2, 0.25) is 0 Å². The molecule has 0 bridgehead atoms. The molecule has 1 aromatic carbocycles. The van der Waals surface area contributed by atoms with Gasteiger partial charge in [0.15, 0.2) is 0 Å². The number of hydrogen-bond donors (Lipinski definition) is 2. The molecule has 102 valence electrons. The molecule has 0 radical (unpaired) electrons. The summed E-state index contributed by atoms with van der Waals surface area (Å²) in [7, 11) is 0. The molecular formula is C14H19N3O2. The topological polar surface area (TPSA) is 75.4 Å². The van der Waals surface area contributed by atoms with Crippen molar-refractivity contribution in [3.63, 3.8) is 0 Å². The Bertz CT molecular complexity index is 487. The van der Waals surface area contributed by atoms with Crippen LogP contribution in [0, 0.1) is 5.92 Å². The van der Waals surface area contributed by atoms with Crippen LogP contribution in [0.15, 0.2) is 24.3 Å². The minimum Gasteiger partial charge on any atom is -0.397 e. The molecule has 1 aliphatic heterocycles. The van der Waals surface area contributed by atoms with Gasteiger partial charge in [-0.15, -0.1) is 0 Å². The monoisotopic (exact) mass is 261 g/mol. The first-order valence-electron chi connectivity index (χ1n) is 6.49. The average molecular weight is 261 g/mol. The van der Waals surface area contributed by atoms with Gasteiger partial charge in [-0.3, -0.25) is 9.59 Å². The van der Waals surface area contributed by atoms with Gasteiger partial charge in [0, 0.05) is 20.0 Å². The number of nitrogens with one attached hydrogen (secondary N) is 1. The van der Waals surface area contributed by atoms with Crippen molar-refractivity contribution in [3.8, 4) is 0 Å². The molecule has 5 nitrogen and oxygen atoms in total. The lowest BCUT2D eigenvalue weighted by molar-refractivity contribution is -0.132. The third-order valence-corrected chi connectivity index (χ3v) is 3.46. The molecular weight excluding hydrogens is 242 g/mol. The van der Waals surface area contributed by atoms with Crippen LogP contribution in [0.1, 0.15) is 19.8 Å². The Hall–Kier alpha value is -2.04. The Morgan fingerprint density at radius 2 is 2.11 bits per heavy atom. The molecule has 1 atom stereocenters. The van der Waals surface area contributed by atoms with E-state index in [9.17, 15) is 9.59 Å². The standard InChI is InChI=1S/C14H19N3O2/c1-10(18)17-8-4-5-11(9-17)14(19)16-13-7-3-2-6-12(13)15/h2-3,6-7,11H,4-5,8-9,15H2,1H3,(H,16,19). The second kappa shape index (κ2) is 5.73. The summed E-state index contributed by atoms with van der Waals surface area (Å²) in [4.78, 5) is 25.3. The largest absolute Gasteiger partial charge is 0.397 e. The van der Waals surface area contributed by atoms with Crippen molar-refractivity contribution >= 4 is 23.2 Å². The summed E-state index contributed by atoms with van der Waals surface area (Å²) in [5.74, 6) is -0.196. The number of anilines is 2. The highest BCUT2D eigenvalue weighted by Crippen LogP contribution is 2.21. The Labute approximate surface area is 112 Å². The van der Waals surface area contributed by atoms with Gasteiger partial charge in [0.2, 0.25) is 11.8 Å². The van der Waals surface area contributed by atoms with Crippen molar-refractivity contribution in [2.75, 3.05) is 24.1 Å². The zero-order valence-corrected chi connectivity index (χ0v) is 11.1. The number of carbonyl (C=O) groups is 2. The number of benzene rings is 1. The fraction of sp³-hybridized carbons (Fsp3) is 0.429.